The van der Waals surface area contributed by atoms with Crippen molar-refractivity contribution in [3.63, 3.8) is 0 Å². The monoisotopic (exact) mass is 248 g/mol. The van der Waals surface area contributed by atoms with Crippen LogP contribution in [0.2, 0.25) is 0 Å². The molecule has 0 heteroatoms. The van der Waals surface area contributed by atoms with E-state index in [0.717, 1.165) is 0 Å². The van der Waals surface area contributed by atoms with Gasteiger partial charge in [-0.3, -0.25) is 0 Å². The van der Waals surface area contributed by atoms with E-state index in [1.54, 1.807) is 0 Å². The minimum atomic E-state index is 0.453. The topological polar surface area (TPSA) is 0 Å². The van der Waals surface area contributed by atoms with Gasteiger partial charge in [0.25, 0.3) is 0 Å². The molecule has 2 aliphatic carbocycles. The highest BCUT2D eigenvalue weighted by Gasteiger charge is 2.20. The summed E-state index contributed by atoms with van der Waals surface area (Å²) in [5, 5.41) is 0. The van der Waals surface area contributed by atoms with Crippen LogP contribution in [0, 0.1) is 20.8 Å². The summed E-state index contributed by atoms with van der Waals surface area (Å²) in [4.78, 5) is 0. The zero-order chi connectivity index (χ0) is 13.4. The zero-order valence-electron chi connectivity index (χ0n) is 11.9. The molecule has 0 saturated heterocycles. The van der Waals surface area contributed by atoms with E-state index < -0.39 is 0 Å². The molecule has 0 unspecified atom stereocenters. The molecule has 96 valence electrons. The van der Waals surface area contributed by atoms with Crippen LogP contribution in [-0.2, 0) is 0 Å². The summed E-state index contributed by atoms with van der Waals surface area (Å²) >= 11 is 0. The molecule has 0 spiro atoms. The summed E-state index contributed by atoms with van der Waals surface area (Å²) in [6.07, 6.45) is 17.8. The number of rotatable bonds is 2. The maximum atomic E-state index is 2.34. The van der Waals surface area contributed by atoms with Crippen molar-refractivity contribution in [2.75, 3.05) is 0 Å². The molecule has 1 aromatic rings. The molecule has 0 nitrogen and oxygen atoms in total. The van der Waals surface area contributed by atoms with Gasteiger partial charge < -0.3 is 0 Å². The first-order valence-electron chi connectivity index (χ1n) is 6.99. The van der Waals surface area contributed by atoms with Crippen molar-refractivity contribution in [1.29, 1.82) is 0 Å². The normalized spacial score (nSPS) is 18.1. The Balaban J connectivity index is 2.17. The van der Waals surface area contributed by atoms with Gasteiger partial charge in [0.05, 0.1) is 0 Å². The van der Waals surface area contributed by atoms with Crippen LogP contribution in [0.3, 0.4) is 0 Å². The van der Waals surface area contributed by atoms with E-state index in [9.17, 15) is 0 Å². The molecule has 19 heavy (non-hydrogen) atoms. The van der Waals surface area contributed by atoms with Gasteiger partial charge in [-0.25, -0.2) is 0 Å². The Hall–Kier alpha value is -1.82. The Kier molecular flexibility index (Phi) is 3.02. The van der Waals surface area contributed by atoms with Crippen LogP contribution in [-0.4, -0.2) is 0 Å². The van der Waals surface area contributed by atoms with Crippen molar-refractivity contribution in [3.05, 3.63) is 82.5 Å². The molecule has 0 aromatic heterocycles. The Morgan fingerprint density at radius 1 is 0.632 bits per heavy atom. The molecule has 0 atom stereocenters. The minimum absolute atomic E-state index is 0.453. The second-order valence-corrected chi connectivity index (χ2v) is 5.55. The van der Waals surface area contributed by atoms with Crippen molar-refractivity contribution in [2.24, 2.45) is 0 Å². The Morgan fingerprint density at radius 3 is 1.37 bits per heavy atom. The number of hydrogen-bond donors (Lipinski definition) is 0. The average Bonchev–Trinajstić information content (AvgIpc) is 3.00. The number of benzene rings is 1. The standard InChI is InChI=1S/C19H20/c1-13-12-14(2)19(17-10-6-7-11-17)15(3)18(13)16-8-4-5-9-16/h4-12,16-17H,1-3H3. The maximum Gasteiger partial charge on any atom is 0.0210 e. The highest BCUT2D eigenvalue weighted by atomic mass is 14.2. The first-order valence-corrected chi connectivity index (χ1v) is 6.99. The lowest BCUT2D eigenvalue weighted by molar-refractivity contribution is 0.979. The van der Waals surface area contributed by atoms with Gasteiger partial charge in [0.1, 0.15) is 0 Å². The number of allylic oxidation sites excluding steroid dienone is 8. The van der Waals surface area contributed by atoms with Crippen molar-refractivity contribution in [1.82, 2.24) is 0 Å². The maximum absolute atomic E-state index is 2.34. The molecule has 3 rings (SSSR count). The summed E-state index contributed by atoms with van der Waals surface area (Å²) in [5.74, 6) is 0.905. The van der Waals surface area contributed by atoms with Crippen LogP contribution in [0.5, 0.6) is 0 Å². The Labute approximate surface area is 115 Å². The fourth-order valence-corrected chi connectivity index (χ4v) is 3.49. The fraction of sp³-hybridized carbons (Fsp3) is 0.263. The highest BCUT2D eigenvalue weighted by molar-refractivity contribution is 5.54. The summed E-state index contributed by atoms with van der Waals surface area (Å²) in [6.45, 7) is 6.75. The van der Waals surface area contributed by atoms with E-state index in [1.807, 2.05) is 0 Å². The van der Waals surface area contributed by atoms with E-state index in [1.165, 1.54) is 27.8 Å². The smallest absolute Gasteiger partial charge is 0.0210 e. The van der Waals surface area contributed by atoms with E-state index in [-0.39, 0.29) is 0 Å². The Morgan fingerprint density at radius 2 is 1.00 bits per heavy atom. The second-order valence-electron chi connectivity index (χ2n) is 5.55. The predicted octanol–water partition coefficient (Wildman–Crippen LogP) is 5.03. The van der Waals surface area contributed by atoms with E-state index in [0.29, 0.717) is 11.8 Å². The highest BCUT2D eigenvalue weighted by Crippen LogP contribution is 2.37. The zero-order valence-corrected chi connectivity index (χ0v) is 11.9. The van der Waals surface area contributed by atoms with Crippen LogP contribution in [0.4, 0.5) is 0 Å². The fourth-order valence-electron chi connectivity index (χ4n) is 3.49. The van der Waals surface area contributed by atoms with Crippen molar-refractivity contribution < 1.29 is 0 Å². The van der Waals surface area contributed by atoms with Gasteiger partial charge in [-0.15, -0.1) is 0 Å². The molecular formula is C19H20. The van der Waals surface area contributed by atoms with Gasteiger partial charge in [-0.2, -0.15) is 0 Å². The van der Waals surface area contributed by atoms with Crippen molar-refractivity contribution in [2.45, 2.75) is 32.6 Å². The van der Waals surface area contributed by atoms with Gasteiger partial charge in [0, 0.05) is 11.8 Å². The summed E-state index contributed by atoms with van der Waals surface area (Å²) < 4.78 is 0. The molecule has 0 fully saturated rings. The quantitative estimate of drug-likeness (QED) is 0.688. The predicted molar refractivity (Wildman–Crippen MR) is 82.7 cm³/mol. The van der Waals surface area contributed by atoms with Gasteiger partial charge >= 0.3 is 0 Å². The molecule has 0 bridgehead atoms. The Bertz CT molecular complexity index is 548. The lowest BCUT2D eigenvalue weighted by atomic mass is 9.82. The van der Waals surface area contributed by atoms with Crippen LogP contribution in [0.25, 0.3) is 0 Å². The van der Waals surface area contributed by atoms with Gasteiger partial charge in [-0.05, 0) is 48.6 Å². The third kappa shape index (κ3) is 2.02. The number of aryl methyl sites for hydroxylation is 2. The van der Waals surface area contributed by atoms with Crippen molar-refractivity contribution in [3.8, 4) is 0 Å². The second kappa shape index (κ2) is 4.70. The SMILES string of the molecule is Cc1cc(C)c(C2C=CC=C2)c(C)c1C1C=CC=C1. The average molecular weight is 248 g/mol. The largest absolute Gasteiger partial charge is 0.0732 e. The lowest BCUT2D eigenvalue weighted by Crippen LogP contribution is -2.06. The third-order valence-corrected chi connectivity index (χ3v) is 4.25. The van der Waals surface area contributed by atoms with Crippen molar-refractivity contribution >= 4 is 0 Å². The first-order chi connectivity index (χ1) is 9.18. The van der Waals surface area contributed by atoms with Crippen LogP contribution < -0.4 is 0 Å². The molecule has 0 N–H and O–H groups in total. The van der Waals surface area contributed by atoms with Gasteiger partial charge in [0.2, 0.25) is 0 Å². The van der Waals surface area contributed by atoms with Crippen LogP contribution >= 0.6 is 0 Å². The third-order valence-electron chi connectivity index (χ3n) is 4.25. The summed E-state index contributed by atoms with van der Waals surface area (Å²) in [6, 6.07) is 2.34. The molecule has 0 radical (unpaired) electrons. The first kappa shape index (κ1) is 12.2. The molecule has 1 aromatic carbocycles. The summed E-state index contributed by atoms with van der Waals surface area (Å²) in [7, 11) is 0. The van der Waals surface area contributed by atoms with E-state index >= 15 is 0 Å². The molecule has 2 aliphatic rings. The lowest BCUT2D eigenvalue weighted by Gasteiger charge is -2.22. The van der Waals surface area contributed by atoms with E-state index in [4.69, 9.17) is 0 Å². The van der Waals surface area contributed by atoms with Crippen LogP contribution in [0.15, 0.2) is 54.7 Å². The molecular weight excluding hydrogens is 228 g/mol. The van der Waals surface area contributed by atoms with E-state index in [2.05, 4.69) is 75.4 Å². The molecule has 0 saturated carbocycles. The molecule has 0 amide bonds. The van der Waals surface area contributed by atoms with Crippen LogP contribution in [0.1, 0.15) is 39.7 Å². The van der Waals surface area contributed by atoms with Gasteiger partial charge in [-0.1, -0.05) is 54.7 Å². The molecule has 0 aliphatic heterocycles. The minimum Gasteiger partial charge on any atom is -0.0732 e. The summed E-state index contributed by atoms with van der Waals surface area (Å²) in [5.41, 5.74) is 7.25. The number of hydrogen-bond acceptors (Lipinski definition) is 0. The molecule has 0 heterocycles. The van der Waals surface area contributed by atoms with Gasteiger partial charge in [0.15, 0.2) is 0 Å².